The highest BCUT2D eigenvalue weighted by atomic mass is 16.2. The van der Waals surface area contributed by atoms with Gasteiger partial charge in [0.1, 0.15) is 0 Å². The molecule has 2 heteroatoms. The van der Waals surface area contributed by atoms with Gasteiger partial charge in [-0.25, -0.2) is 0 Å². The molecule has 0 atom stereocenters. The van der Waals surface area contributed by atoms with Crippen molar-refractivity contribution in [2.45, 2.75) is 19.8 Å². The molecule has 2 nitrogen and oxygen atoms in total. The third-order valence-corrected chi connectivity index (χ3v) is 2.74. The number of fused-ring (bicyclic) bond motifs is 1. The molecule has 0 bridgehead atoms. The quantitative estimate of drug-likeness (QED) is 0.585. The fourth-order valence-corrected chi connectivity index (χ4v) is 2.01. The first-order valence-electron chi connectivity index (χ1n) is 5.10. The zero-order valence-electron chi connectivity index (χ0n) is 8.79. The van der Waals surface area contributed by atoms with Crippen molar-refractivity contribution in [3.8, 4) is 12.3 Å². The molecule has 1 heterocycles. The minimum atomic E-state index is 0.101. The molecule has 0 N–H and O–H groups in total. The van der Waals surface area contributed by atoms with Gasteiger partial charge in [0.2, 0.25) is 5.91 Å². The molecule has 0 fully saturated rings. The van der Waals surface area contributed by atoms with Crippen LogP contribution in [0.2, 0.25) is 0 Å². The van der Waals surface area contributed by atoms with E-state index in [4.69, 9.17) is 6.42 Å². The second-order valence-electron chi connectivity index (χ2n) is 3.76. The number of nitrogens with zero attached hydrogens (tertiary/aromatic N) is 1. The summed E-state index contributed by atoms with van der Waals surface area (Å²) in [5, 5.41) is 0. The number of terminal acetylenes is 1. The highest BCUT2D eigenvalue weighted by Gasteiger charge is 2.19. The van der Waals surface area contributed by atoms with E-state index in [0.717, 1.165) is 30.6 Å². The third-order valence-electron chi connectivity index (χ3n) is 2.74. The predicted octanol–water partition coefficient (Wildman–Crippen LogP) is 1.97. The molecule has 15 heavy (non-hydrogen) atoms. The van der Waals surface area contributed by atoms with Gasteiger partial charge in [-0.05, 0) is 36.6 Å². The smallest absolute Gasteiger partial charge is 0.223 e. The Balaban J connectivity index is 2.46. The molecule has 1 aromatic carbocycles. The molecule has 0 saturated carbocycles. The Bertz CT molecular complexity index is 442. The van der Waals surface area contributed by atoms with Crippen LogP contribution in [-0.4, -0.2) is 12.5 Å². The summed E-state index contributed by atoms with van der Waals surface area (Å²) in [6.07, 6.45) is 7.37. The summed E-state index contributed by atoms with van der Waals surface area (Å²) < 4.78 is 0. The first-order chi connectivity index (χ1) is 7.22. The highest BCUT2D eigenvalue weighted by molar-refractivity contribution is 5.92. The van der Waals surface area contributed by atoms with Gasteiger partial charge in [-0.2, -0.15) is 0 Å². The van der Waals surface area contributed by atoms with Crippen molar-refractivity contribution in [1.29, 1.82) is 0 Å². The topological polar surface area (TPSA) is 20.3 Å². The van der Waals surface area contributed by atoms with E-state index in [1.165, 1.54) is 5.56 Å². The lowest BCUT2D eigenvalue weighted by molar-refractivity contribution is -0.116. The van der Waals surface area contributed by atoms with Crippen LogP contribution in [0.4, 0.5) is 5.69 Å². The minimum Gasteiger partial charge on any atom is -0.312 e. The Labute approximate surface area is 89.9 Å². The number of carbonyl (C=O) groups excluding carboxylic acids is 1. The average Bonchev–Trinajstić information content (AvgIpc) is 2.27. The van der Waals surface area contributed by atoms with E-state index in [1.54, 1.807) is 6.92 Å². The lowest BCUT2D eigenvalue weighted by atomic mass is 9.99. The molecule has 0 aromatic heterocycles. The molecule has 76 valence electrons. The fraction of sp³-hybridized carbons (Fsp3) is 0.308. The Morgan fingerprint density at radius 2 is 2.33 bits per heavy atom. The predicted molar refractivity (Wildman–Crippen MR) is 60.7 cm³/mol. The molecule has 0 aliphatic carbocycles. The Morgan fingerprint density at radius 3 is 3.00 bits per heavy atom. The first-order valence-corrected chi connectivity index (χ1v) is 5.10. The van der Waals surface area contributed by atoms with E-state index in [1.807, 2.05) is 23.1 Å². The fourth-order valence-electron chi connectivity index (χ4n) is 2.01. The van der Waals surface area contributed by atoms with Gasteiger partial charge in [0.25, 0.3) is 0 Å². The van der Waals surface area contributed by atoms with Crippen LogP contribution in [0.3, 0.4) is 0 Å². The van der Waals surface area contributed by atoms with Crippen molar-refractivity contribution < 1.29 is 4.79 Å². The van der Waals surface area contributed by atoms with E-state index in [0.29, 0.717) is 0 Å². The zero-order chi connectivity index (χ0) is 10.8. The number of benzene rings is 1. The summed E-state index contributed by atoms with van der Waals surface area (Å²) in [6, 6.07) is 5.84. The van der Waals surface area contributed by atoms with Crippen LogP contribution >= 0.6 is 0 Å². The normalized spacial score (nSPS) is 14.3. The largest absolute Gasteiger partial charge is 0.312 e. The minimum absolute atomic E-state index is 0.101. The van der Waals surface area contributed by atoms with Gasteiger partial charge in [-0.3, -0.25) is 4.79 Å². The maximum atomic E-state index is 11.4. The second-order valence-corrected chi connectivity index (χ2v) is 3.76. The Hall–Kier alpha value is -1.75. The molecular weight excluding hydrogens is 186 g/mol. The van der Waals surface area contributed by atoms with Crippen molar-refractivity contribution >= 4 is 11.6 Å². The van der Waals surface area contributed by atoms with Crippen LogP contribution in [0.5, 0.6) is 0 Å². The lowest BCUT2D eigenvalue weighted by Crippen LogP contribution is -2.33. The van der Waals surface area contributed by atoms with Crippen molar-refractivity contribution in [2.24, 2.45) is 0 Å². The van der Waals surface area contributed by atoms with Crippen molar-refractivity contribution in [3.63, 3.8) is 0 Å². The summed E-state index contributed by atoms with van der Waals surface area (Å²) in [4.78, 5) is 13.2. The van der Waals surface area contributed by atoms with E-state index in [2.05, 4.69) is 5.92 Å². The number of rotatable bonds is 0. The maximum absolute atomic E-state index is 11.4. The number of carbonyl (C=O) groups is 1. The van der Waals surface area contributed by atoms with Gasteiger partial charge in [0.15, 0.2) is 0 Å². The number of hydrogen-bond donors (Lipinski definition) is 0. The third kappa shape index (κ3) is 1.73. The van der Waals surface area contributed by atoms with Gasteiger partial charge in [-0.15, -0.1) is 6.42 Å². The monoisotopic (exact) mass is 199 g/mol. The van der Waals surface area contributed by atoms with E-state index < -0.39 is 0 Å². The average molecular weight is 199 g/mol. The molecule has 1 amide bonds. The molecule has 0 radical (unpaired) electrons. The van der Waals surface area contributed by atoms with E-state index in [9.17, 15) is 4.79 Å². The van der Waals surface area contributed by atoms with Crippen LogP contribution in [0, 0.1) is 12.3 Å². The van der Waals surface area contributed by atoms with Crippen molar-refractivity contribution in [2.75, 3.05) is 11.4 Å². The summed E-state index contributed by atoms with van der Waals surface area (Å²) in [5.41, 5.74) is 3.10. The number of aryl methyl sites for hydroxylation is 1. The molecule has 1 aliphatic rings. The van der Waals surface area contributed by atoms with Crippen LogP contribution in [-0.2, 0) is 11.2 Å². The molecular formula is C13H13NO. The molecule has 0 saturated heterocycles. The first kappa shape index (κ1) is 9.79. The van der Waals surface area contributed by atoms with Crippen LogP contribution < -0.4 is 4.90 Å². The van der Waals surface area contributed by atoms with Crippen LogP contribution in [0.1, 0.15) is 24.5 Å². The van der Waals surface area contributed by atoms with Crippen molar-refractivity contribution in [3.05, 3.63) is 29.3 Å². The second kappa shape index (κ2) is 3.78. The summed E-state index contributed by atoms with van der Waals surface area (Å²) in [6.45, 7) is 2.42. The molecule has 1 aromatic rings. The lowest BCUT2D eigenvalue weighted by Gasteiger charge is -2.28. The highest BCUT2D eigenvalue weighted by Crippen LogP contribution is 2.27. The maximum Gasteiger partial charge on any atom is 0.223 e. The Morgan fingerprint density at radius 1 is 1.53 bits per heavy atom. The zero-order valence-corrected chi connectivity index (χ0v) is 8.79. The SMILES string of the molecule is C#Cc1ccc2c(c1)CCCN2C(C)=O. The molecule has 2 rings (SSSR count). The molecule has 0 unspecified atom stereocenters. The number of hydrogen-bond acceptors (Lipinski definition) is 1. The van der Waals surface area contributed by atoms with Crippen LogP contribution in [0.15, 0.2) is 18.2 Å². The van der Waals surface area contributed by atoms with E-state index in [-0.39, 0.29) is 5.91 Å². The van der Waals surface area contributed by atoms with Crippen LogP contribution in [0.25, 0.3) is 0 Å². The molecule has 0 spiro atoms. The molecule has 1 aliphatic heterocycles. The van der Waals surface area contributed by atoms with Crippen molar-refractivity contribution in [1.82, 2.24) is 0 Å². The van der Waals surface area contributed by atoms with Gasteiger partial charge >= 0.3 is 0 Å². The summed E-state index contributed by atoms with van der Waals surface area (Å²) in [7, 11) is 0. The summed E-state index contributed by atoms with van der Waals surface area (Å²) >= 11 is 0. The van der Waals surface area contributed by atoms with E-state index >= 15 is 0 Å². The number of anilines is 1. The van der Waals surface area contributed by atoms with Gasteiger partial charge in [0, 0.05) is 24.7 Å². The van der Waals surface area contributed by atoms with Gasteiger partial charge < -0.3 is 4.90 Å². The summed E-state index contributed by atoms with van der Waals surface area (Å²) in [5.74, 6) is 2.72. The Kier molecular flexibility index (Phi) is 2.47. The number of amides is 1. The van der Waals surface area contributed by atoms with Gasteiger partial charge in [-0.1, -0.05) is 5.92 Å². The van der Waals surface area contributed by atoms with Gasteiger partial charge in [0.05, 0.1) is 0 Å². The standard InChI is InChI=1S/C13H13NO/c1-3-11-6-7-13-12(9-11)5-4-8-14(13)10(2)15/h1,6-7,9H,4-5,8H2,2H3.